The number of anilines is 2. The Labute approximate surface area is 200 Å². The zero-order chi connectivity index (χ0) is 23.8. The van der Waals surface area contributed by atoms with Crippen molar-refractivity contribution in [2.75, 3.05) is 50.7 Å². The van der Waals surface area contributed by atoms with Gasteiger partial charge in [0.2, 0.25) is 11.9 Å². The van der Waals surface area contributed by atoms with E-state index in [0.717, 1.165) is 71.4 Å². The van der Waals surface area contributed by atoms with Crippen LogP contribution in [0.25, 0.3) is 11.4 Å². The summed E-state index contributed by atoms with van der Waals surface area (Å²) in [6.45, 7) is 6.10. The summed E-state index contributed by atoms with van der Waals surface area (Å²) in [5.74, 6) is 0.393. The van der Waals surface area contributed by atoms with Crippen LogP contribution in [-0.4, -0.2) is 72.0 Å². The van der Waals surface area contributed by atoms with Crippen molar-refractivity contribution in [3.8, 4) is 11.4 Å². The fraction of sp³-hybridized carbons (Fsp3) is 0.667. The van der Waals surface area contributed by atoms with Crippen LogP contribution in [0.3, 0.4) is 0 Å². The van der Waals surface area contributed by atoms with Crippen LogP contribution in [0.15, 0.2) is 18.5 Å². The first-order chi connectivity index (χ1) is 16.5. The molecule has 3 N–H and O–H groups in total. The maximum absolute atomic E-state index is 14.6. The van der Waals surface area contributed by atoms with Crippen LogP contribution in [0.1, 0.15) is 45.4 Å². The van der Waals surface area contributed by atoms with E-state index in [1.54, 1.807) is 19.4 Å². The fourth-order valence-corrected chi connectivity index (χ4v) is 4.52. The molecule has 2 aromatic heterocycles. The average Bonchev–Trinajstić information content (AvgIpc) is 2.86. The number of rotatable bonds is 10. The molecule has 3 heterocycles. The lowest BCUT2D eigenvalue weighted by Gasteiger charge is -2.33. The SMILES string of the molecule is COCCNC1CCC(Nc2ncc(F)c(-c3ccnc(NCC4(C)CCOCC4)n3)n2)CC1. The molecule has 2 aromatic rings. The number of ether oxygens (including phenoxy) is 2. The molecule has 0 atom stereocenters. The molecule has 0 amide bonds. The number of methoxy groups -OCH3 is 1. The van der Waals surface area contributed by atoms with Crippen molar-refractivity contribution >= 4 is 11.9 Å². The molecular formula is C24H36FN7O2. The first-order valence-electron chi connectivity index (χ1n) is 12.2. The van der Waals surface area contributed by atoms with Crippen LogP contribution in [0.4, 0.5) is 16.3 Å². The van der Waals surface area contributed by atoms with E-state index in [1.165, 1.54) is 6.20 Å². The minimum absolute atomic E-state index is 0.132. The van der Waals surface area contributed by atoms with Gasteiger partial charge >= 0.3 is 0 Å². The molecule has 0 spiro atoms. The average molecular weight is 474 g/mol. The molecule has 1 saturated heterocycles. The Morgan fingerprint density at radius 1 is 1.09 bits per heavy atom. The van der Waals surface area contributed by atoms with Crippen LogP contribution in [-0.2, 0) is 9.47 Å². The van der Waals surface area contributed by atoms with Gasteiger partial charge in [-0.1, -0.05) is 6.92 Å². The van der Waals surface area contributed by atoms with Gasteiger partial charge in [0, 0.05) is 51.7 Å². The topological polar surface area (TPSA) is 106 Å². The zero-order valence-corrected chi connectivity index (χ0v) is 20.1. The molecule has 0 radical (unpaired) electrons. The lowest BCUT2D eigenvalue weighted by Crippen LogP contribution is -2.38. The van der Waals surface area contributed by atoms with Crippen molar-refractivity contribution in [2.24, 2.45) is 5.41 Å². The number of hydrogen-bond acceptors (Lipinski definition) is 9. The fourth-order valence-electron chi connectivity index (χ4n) is 4.52. The predicted molar refractivity (Wildman–Crippen MR) is 129 cm³/mol. The zero-order valence-electron chi connectivity index (χ0n) is 20.1. The minimum Gasteiger partial charge on any atom is -0.383 e. The third-order valence-electron chi connectivity index (χ3n) is 6.82. The van der Waals surface area contributed by atoms with Gasteiger partial charge in [0.15, 0.2) is 5.82 Å². The molecule has 34 heavy (non-hydrogen) atoms. The second-order valence-corrected chi connectivity index (χ2v) is 9.57. The van der Waals surface area contributed by atoms with Gasteiger partial charge in [-0.3, -0.25) is 0 Å². The third kappa shape index (κ3) is 6.80. The van der Waals surface area contributed by atoms with Gasteiger partial charge in [0.25, 0.3) is 0 Å². The van der Waals surface area contributed by atoms with Crippen LogP contribution >= 0.6 is 0 Å². The van der Waals surface area contributed by atoms with Crippen molar-refractivity contribution in [1.29, 1.82) is 0 Å². The number of nitrogens with one attached hydrogen (secondary N) is 3. The second-order valence-electron chi connectivity index (χ2n) is 9.57. The van der Waals surface area contributed by atoms with E-state index in [-0.39, 0.29) is 17.2 Å². The van der Waals surface area contributed by atoms with Gasteiger partial charge in [-0.25, -0.2) is 24.3 Å². The first kappa shape index (κ1) is 24.7. The highest BCUT2D eigenvalue weighted by Crippen LogP contribution is 2.30. The largest absolute Gasteiger partial charge is 0.383 e. The van der Waals surface area contributed by atoms with Gasteiger partial charge in [-0.15, -0.1) is 0 Å². The molecule has 2 aliphatic rings. The third-order valence-corrected chi connectivity index (χ3v) is 6.82. The number of halogens is 1. The molecule has 1 saturated carbocycles. The Morgan fingerprint density at radius 3 is 2.62 bits per heavy atom. The minimum atomic E-state index is -0.502. The van der Waals surface area contributed by atoms with Crippen LogP contribution in [0, 0.1) is 11.2 Å². The van der Waals surface area contributed by atoms with Crippen molar-refractivity contribution in [3.63, 3.8) is 0 Å². The summed E-state index contributed by atoms with van der Waals surface area (Å²) in [5.41, 5.74) is 0.742. The quantitative estimate of drug-likeness (QED) is 0.448. The van der Waals surface area contributed by atoms with Gasteiger partial charge in [-0.2, -0.15) is 0 Å². The Hall–Kier alpha value is -2.43. The molecular weight excluding hydrogens is 437 g/mol. The molecule has 1 aliphatic heterocycles. The van der Waals surface area contributed by atoms with Crippen molar-refractivity contribution in [1.82, 2.24) is 25.3 Å². The van der Waals surface area contributed by atoms with Gasteiger partial charge in [-0.05, 0) is 50.0 Å². The molecule has 186 valence electrons. The Kier molecular flexibility index (Phi) is 8.58. The highest BCUT2D eigenvalue weighted by atomic mass is 19.1. The molecule has 1 aliphatic carbocycles. The summed E-state index contributed by atoms with van der Waals surface area (Å²) in [6.07, 6.45) is 8.96. The van der Waals surface area contributed by atoms with E-state index < -0.39 is 5.82 Å². The normalized spacial score (nSPS) is 22.3. The molecule has 0 bridgehead atoms. The number of aromatic nitrogens is 4. The lowest BCUT2D eigenvalue weighted by molar-refractivity contribution is 0.0299. The van der Waals surface area contributed by atoms with E-state index in [1.807, 2.05) is 0 Å². The second kappa shape index (κ2) is 11.8. The summed E-state index contributed by atoms with van der Waals surface area (Å²) >= 11 is 0. The molecule has 9 nitrogen and oxygen atoms in total. The Bertz CT molecular complexity index is 918. The summed E-state index contributed by atoms with van der Waals surface area (Å²) < 4.78 is 25.2. The maximum Gasteiger partial charge on any atom is 0.223 e. The van der Waals surface area contributed by atoms with E-state index in [0.29, 0.717) is 23.6 Å². The van der Waals surface area contributed by atoms with E-state index >= 15 is 0 Å². The van der Waals surface area contributed by atoms with Gasteiger partial charge in [0.1, 0.15) is 5.69 Å². The maximum atomic E-state index is 14.6. The molecule has 10 heteroatoms. The summed E-state index contributed by atoms with van der Waals surface area (Å²) in [7, 11) is 1.71. The monoisotopic (exact) mass is 473 g/mol. The van der Waals surface area contributed by atoms with Gasteiger partial charge < -0.3 is 25.4 Å². The van der Waals surface area contributed by atoms with E-state index in [2.05, 4.69) is 42.8 Å². The van der Waals surface area contributed by atoms with Crippen LogP contribution < -0.4 is 16.0 Å². The van der Waals surface area contributed by atoms with E-state index in [9.17, 15) is 4.39 Å². The first-order valence-corrected chi connectivity index (χ1v) is 12.2. The molecule has 0 aromatic carbocycles. The smallest absolute Gasteiger partial charge is 0.223 e. The summed E-state index contributed by atoms with van der Waals surface area (Å²) in [5, 5.41) is 10.2. The number of hydrogen-bond donors (Lipinski definition) is 3. The standard InChI is InChI=1S/C24H36FN7O2/c1-24(8-12-34-13-9-24)16-29-22-27-10-7-20(31-22)21-19(25)15-28-23(32-21)30-18-5-3-17(4-6-18)26-11-14-33-2/h7,10,15,17-18,26H,3-6,8-9,11-14,16H2,1-2H3,(H,27,29,31)(H,28,30,32). The van der Waals surface area contributed by atoms with Crippen molar-refractivity contribution in [3.05, 3.63) is 24.3 Å². The highest BCUT2D eigenvalue weighted by Gasteiger charge is 2.27. The molecule has 4 rings (SSSR count). The van der Waals surface area contributed by atoms with Gasteiger partial charge in [0.05, 0.1) is 18.5 Å². The number of nitrogens with zero attached hydrogens (tertiary/aromatic N) is 4. The molecule has 2 fully saturated rings. The van der Waals surface area contributed by atoms with Crippen LogP contribution in [0.5, 0.6) is 0 Å². The Balaban J connectivity index is 1.36. The van der Waals surface area contributed by atoms with Crippen molar-refractivity contribution in [2.45, 2.75) is 57.5 Å². The highest BCUT2D eigenvalue weighted by molar-refractivity contribution is 5.57. The van der Waals surface area contributed by atoms with E-state index in [4.69, 9.17) is 9.47 Å². The predicted octanol–water partition coefficient (Wildman–Crippen LogP) is 3.26. The summed E-state index contributed by atoms with van der Waals surface area (Å²) in [6, 6.07) is 2.45. The summed E-state index contributed by atoms with van der Waals surface area (Å²) in [4.78, 5) is 17.5. The lowest BCUT2D eigenvalue weighted by atomic mass is 9.82. The molecule has 0 unspecified atom stereocenters. The van der Waals surface area contributed by atoms with Crippen molar-refractivity contribution < 1.29 is 13.9 Å². The van der Waals surface area contributed by atoms with Crippen LogP contribution in [0.2, 0.25) is 0 Å². The Morgan fingerprint density at radius 2 is 1.85 bits per heavy atom.